The Morgan fingerprint density at radius 1 is 1.03 bits per heavy atom. The van der Waals surface area contributed by atoms with E-state index in [0.29, 0.717) is 26.9 Å². The standard InChI is InChI=1S/C20H16Cl4N2O4/c1-10(2)28-12-8-6-11(7-9-12)16(29-20(27)17(23)24)19-25-18(26-30-19)15-13(21)4-3-5-14(15)22/h3-10,16-17H,1-2H3. The molecule has 0 amide bonds. The number of hydrogen-bond donors (Lipinski definition) is 0. The van der Waals surface area contributed by atoms with Crippen molar-refractivity contribution in [1.82, 2.24) is 10.1 Å². The Morgan fingerprint density at radius 3 is 2.23 bits per heavy atom. The van der Waals surface area contributed by atoms with Crippen LogP contribution in [-0.4, -0.2) is 27.1 Å². The first kappa shape index (κ1) is 22.7. The molecule has 6 nitrogen and oxygen atoms in total. The molecule has 0 aliphatic heterocycles. The van der Waals surface area contributed by atoms with Gasteiger partial charge in [0.15, 0.2) is 0 Å². The summed E-state index contributed by atoms with van der Waals surface area (Å²) < 4.78 is 16.4. The van der Waals surface area contributed by atoms with Crippen molar-refractivity contribution in [2.45, 2.75) is 30.9 Å². The number of carbonyl (C=O) groups excluding carboxylic acids is 1. The van der Waals surface area contributed by atoms with Crippen LogP contribution in [0, 0.1) is 0 Å². The van der Waals surface area contributed by atoms with Gasteiger partial charge < -0.3 is 14.0 Å². The Morgan fingerprint density at radius 2 is 1.67 bits per heavy atom. The third-order valence-corrected chi connectivity index (χ3v) is 4.81. The van der Waals surface area contributed by atoms with Crippen LogP contribution >= 0.6 is 46.4 Å². The first-order valence-corrected chi connectivity index (χ1v) is 10.4. The molecule has 1 aromatic heterocycles. The number of halogens is 4. The van der Waals surface area contributed by atoms with E-state index < -0.39 is 16.9 Å². The maximum atomic E-state index is 12.1. The number of carbonyl (C=O) groups is 1. The van der Waals surface area contributed by atoms with Crippen LogP contribution in [0.25, 0.3) is 11.4 Å². The molecule has 3 rings (SSSR count). The average Bonchev–Trinajstić information content (AvgIpc) is 3.15. The van der Waals surface area contributed by atoms with E-state index >= 15 is 0 Å². The summed E-state index contributed by atoms with van der Waals surface area (Å²) in [6.45, 7) is 3.83. The van der Waals surface area contributed by atoms with E-state index in [2.05, 4.69) is 10.1 Å². The zero-order valence-corrected chi connectivity index (χ0v) is 18.8. The molecule has 0 fully saturated rings. The maximum Gasteiger partial charge on any atom is 0.340 e. The molecule has 30 heavy (non-hydrogen) atoms. The predicted molar refractivity (Wildman–Crippen MR) is 115 cm³/mol. The monoisotopic (exact) mass is 488 g/mol. The van der Waals surface area contributed by atoms with Gasteiger partial charge in [0.05, 0.1) is 21.7 Å². The Balaban J connectivity index is 1.97. The van der Waals surface area contributed by atoms with E-state index in [-0.39, 0.29) is 17.8 Å². The van der Waals surface area contributed by atoms with Gasteiger partial charge in [0, 0.05) is 5.56 Å². The molecule has 2 aromatic carbocycles. The molecular formula is C20H16Cl4N2O4. The van der Waals surface area contributed by atoms with Crippen molar-refractivity contribution in [1.29, 1.82) is 0 Å². The highest BCUT2D eigenvalue weighted by Crippen LogP contribution is 2.35. The lowest BCUT2D eigenvalue weighted by Gasteiger charge is -2.16. The third-order valence-electron chi connectivity index (χ3n) is 3.82. The van der Waals surface area contributed by atoms with Crippen molar-refractivity contribution < 1.29 is 18.8 Å². The van der Waals surface area contributed by atoms with Gasteiger partial charge in [-0.05, 0) is 38.1 Å². The molecule has 1 heterocycles. The number of alkyl halides is 2. The van der Waals surface area contributed by atoms with Crippen LogP contribution in [0.3, 0.4) is 0 Å². The van der Waals surface area contributed by atoms with Crippen molar-refractivity contribution in [3.05, 3.63) is 64.0 Å². The number of nitrogens with zero attached hydrogens (tertiary/aromatic N) is 2. The average molecular weight is 490 g/mol. The highest BCUT2D eigenvalue weighted by molar-refractivity contribution is 6.52. The Labute approximate surface area is 193 Å². The summed E-state index contributed by atoms with van der Waals surface area (Å²) in [4.78, 5) is 15.0. The number of rotatable bonds is 7. The minimum Gasteiger partial charge on any atom is -0.491 e. The fourth-order valence-corrected chi connectivity index (χ4v) is 3.25. The predicted octanol–water partition coefficient (Wildman–Crippen LogP) is 6.27. The molecule has 1 unspecified atom stereocenters. The number of hydrogen-bond acceptors (Lipinski definition) is 6. The van der Waals surface area contributed by atoms with Gasteiger partial charge in [-0.3, -0.25) is 0 Å². The van der Waals surface area contributed by atoms with E-state index in [9.17, 15) is 4.79 Å². The second-order valence-electron chi connectivity index (χ2n) is 6.41. The van der Waals surface area contributed by atoms with E-state index in [1.165, 1.54) is 0 Å². The summed E-state index contributed by atoms with van der Waals surface area (Å²) in [7, 11) is 0. The minimum absolute atomic E-state index is 0.000785. The van der Waals surface area contributed by atoms with Gasteiger partial charge in [0.25, 0.3) is 5.89 Å². The van der Waals surface area contributed by atoms with Gasteiger partial charge in [-0.1, -0.05) is 69.8 Å². The first-order chi connectivity index (χ1) is 14.3. The number of ether oxygens (including phenoxy) is 2. The number of esters is 1. The largest absolute Gasteiger partial charge is 0.491 e. The van der Waals surface area contributed by atoms with Crippen LogP contribution in [0.4, 0.5) is 0 Å². The molecule has 1 atom stereocenters. The van der Waals surface area contributed by atoms with Crippen LogP contribution in [0.2, 0.25) is 10.0 Å². The maximum absolute atomic E-state index is 12.1. The smallest absolute Gasteiger partial charge is 0.340 e. The minimum atomic E-state index is -1.38. The molecule has 0 bridgehead atoms. The van der Waals surface area contributed by atoms with Crippen LogP contribution in [0.15, 0.2) is 47.0 Å². The lowest BCUT2D eigenvalue weighted by molar-refractivity contribution is -0.146. The van der Waals surface area contributed by atoms with Crippen molar-refractivity contribution in [3.8, 4) is 17.1 Å². The van der Waals surface area contributed by atoms with Gasteiger partial charge >= 0.3 is 5.97 Å². The van der Waals surface area contributed by atoms with Crippen molar-refractivity contribution >= 4 is 52.4 Å². The molecule has 0 spiro atoms. The normalized spacial score (nSPS) is 12.3. The van der Waals surface area contributed by atoms with E-state index in [0.717, 1.165) is 0 Å². The fourth-order valence-electron chi connectivity index (χ4n) is 2.58. The topological polar surface area (TPSA) is 74.5 Å². The molecule has 0 saturated heterocycles. The Kier molecular flexibility index (Phi) is 7.47. The zero-order valence-electron chi connectivity index (χ0n) is 15.8. The van der Waals surface area contributed by atoms with Crippen molar-refractivity contribution in [2.75, 3.05) is 0 Å². The molecule has 0 saturated carbocycles. The summed E-state index contributed by atoms with van der Waals surface area (Å²) in [5.41, 5.74) is 0.947. The number of aromatic nitrogens is 2. The Hall–Kier alpha value is -1.99. The van der Waals surface area contributed by atoms with Gasteiger partial charge in [0.2, 0.25) is 16.8 Å². The molecule has 0 radical (unpaired) electrons. The van der Waals surface area contributed by atoms with Crippen LogP contribution in [-0.2, 0) is 9.53 Å². The lowest BCUT2D eigenvalue weighted by atomic mass is 10.1. The molecule has 10 heteroatoms. The van der Waals surface area contributed by atoms with Crippen LogP contribution < -0.4 is 4.74 Å². The second-order valence-corrected chi connectivity index (χ2v) is 8.32. The third kappa shape index (κ3) is 5.38. The van der Waals surface area contributed by atoms with Gasteiger partial charge in [-0.2, -0.15) is 4.98 Å². The highest BCUT2D eigenvalue weighted by Gasteiger charge is 2.29. The fraction of sp³-hybridized carbons (Fsp3) is 0.250. The summed E-state index contributed by atoms with van der Waals surface area (Å²) in [6.07, 6.45) is -1.04. The van der Waals surface area contributed by atoms with Gasteiger partial charge in [-0.15, -0.1) is 0 Å². The molecule has 3 aromatic rings. The van der Waals surface area contributed by atoms with Gasteiger partial charge in [-0.25, -0.2) is 4.79 Å². The Bertz CT molecular complexity index is 1000. The zero-order chi connectivity index (χ0) is 21.8. The SMILES string of the molecule is CC(C)Oc1ccc(C(OC(=O)C(Cl)Cl)c2nc(-c3c(Cl)cccc3Cl)no2)cc1. The lowest BCUT2D eigenvalue weighted by Crippen LogP contribution is -2.18. The van der Waals surface area contributed by atoms with Crippen LogP contribution in [0.5, 0.6) is 5.75 Å². The molecule has 0 aliphatic rings. The van der Waals surface area contributed by atoms with E-state index in [1.807, 2.05) is 13.8 Å². The molecule has 158 valence electrons. The number of benzene rings is 2. The molecular weight excluding hydrogens is 474 g/mol. The molecule has 0 N–H and O–H groups in total. The van der Waals surface area contributed by atoms with Gasteiger partial charge in [0.1, 0.15) is 5.75 Å². The van der Waals surface area contributed by atoms with Crippen LogP contribution in [0.1, 0.15) is 31.4 Å². The van der Waals surface area contributed by atoms with Crippen molar-refractivity contribution in [2.24, 2.45) is 0 Å². The highest BCUT2D eigenvalue weighted by atomic mass is 35.5. The summed E-state index contributed by atoms with van der Waals surface area (Å²) in [6, 6.07) is 11.9. The van der Waals surface area contributed by atoms with E-state index in [4.69, 9.17) is 60.4 Å². The second kappa shape index (κ2) is 9.88. The summed E-state index contributed by atoms with van der Waals surface area (Å²) in [5, 5.41) is 4.62. The summed E-state index contributed by atoms with van der Waals surface area (Å²) in [5.74, 6) is -0.0580. The summed E-state index contributed by atoms with van der Waals surface area (Å²) >= 11 is 23.7. The van der Waals surface area contributed by atoms with E-state index in [1.54, 1.807) is 42.5 Å². The molecule has 0 aliphatic carbocycles. The van der Waals surface area contributed by atoms with Crippen molar-refractivity contribution in [3.63, 3.8) is 0 Å². The quantitative estimate of drug-likeness (QED) is 0.287. The first-order valence-electron chi connectivity index (χ1n) is 8.79.